The molecule has 4 nitrogen and oxygen atoms in total. The number of hydrogen-bond donors (Lipinski definition) is 1. The number of aromatic carboxylic acids is 1. The molecule has 1 aromatic heterocycles. The van der Waals surface area contributed by atoms with E-state index in [1.54, 1.807) is 48.7 Å². The van der Waals surface area contributed by atoms with Crippen molar-refractivity contribution in [3.63, 3.8) is 0 Å². The number of ether oxygens (including phenoxy) is 1. The second-order valence-electron chi connectivity index (χ2n) is 4.41. The Hall–Kier alpha value is -2.59. The minimum atomic E-state index is -0.949. The van der Waals surface area contributed by atoms with Crippen molar-refractivity contribution < 1.29 is 14.6 Å². The van der Waals surface area contributed by atoms with Crippen LogP contribution in [0.25, 0.3) is 10.8 Å². The normalized spacial score (nSPS) is 10.5. The van der Waals surface area contributed by atoms with Crippen LogP contribution in [0.5, 0.6) is 11.5 Å². The van der Waals surface area contributed by atoms with E-state index in [1.807, 2.05) is 6.07 Å². The van der Waals surface area contributed by atoms with Crippen LogP contribution in [0.4, 0.5) is 0 Å². The number of carboxylic acid groups (broad SMARTS) is 1. The van der Waals surface area contributed by atoms with E-state index in [2.05, 4.69) is 4.98 Å². The fourth-order valence-corrected chi connectivity index (χ4v) is 2.26. The van der Waals surface area contributed by atoms with Crippen molar-refractivity contribution in [1.29, 1.82) is 0 Å². The second-order valence-corrected chi connectivity index (χ2v) is 4.80. The smallest absolute Gasteiger partial charge is 0.336 e. The van der Waals surface area contributed by atoms with Gasteiger partial charge in [0.25, 0.3) is 0 Å². The number of hydrogen-bond acceptors (Lipinski definition) is 3. The third kappa shape index (κ3) is 2.80. The molecule has 0 spiro atoms. The van der Waals surface area contributed by atoms with Crippen LogP contribution >= 0.6 is 11.6 Å². The number of rotatable bonds is 3. The Morgan fingerprint density at radius 3 is 2.67 bits per heavy atom. The molecule has 0 amide bonds. The molecule has 21 heavy (non-hydrogen) atoms. The van der Waals surface area contributed by atoms with Gasteiger partial charge in [0.05, 0.1) is 5.56 Å². The molecule has 1 N–H and O–H groups in total. The molecule has 104 valence electrons. The number of carbonyl (C=O) groups is 1. The van der Waals surface area contributed by atoms with Crippen LogP contribution in [0.2, 0.25) is 5.15 Å². The minimum absolute atomic E-state index is 0.269. The number of nitrogens with zero attached hydrogens (tertiary/aromatic N) is 1. The van der Waals surface area contributed by atoms with Gasteiger partial charge in [-0.25, -0.2) is 9.78 Å². The van der Waals surface area contributed by atoms with Gasteiger partial charge in [0.2, 0.25) is 0 Å². The predicted octanol–water partition coefficient (Wildman–Crippen LogP) is 4.38. The number of fused-ring (bicyclic) bond motifs is 1. The van der Waals surface area contributed by atoms with Gasteiger partial charge in [0, 0.05) is 12.3 Å². The molecule has 5 heteroatoms. The Balaban J connectivity index is 2.00. The van der Waals surface area contributed by atoms with Crippen molar-refractivity contribution in [1.82, 2.24) is 4.98 Å². The van der Waals surface area contributed by atoms with Crippen LogP contribution in [0.1, 0.15) is 10.4 Å². The summed E-state index contributed by atoms with van der Waals surface area (Å²) < 4.78 is 5.70. The van der Waals surface area contributed by atoms with Crippen molar-refractivity contribution in [2.75, 3.05) is 0 Å². The maximum atomic E-state index is 11.2. The van der Waals surface area contributed by atoms with Gasteiger partial charge in [-0.2, -0.15) is 0 Å². The molecule has 0 aliphatic rings. The Kier molecular flexibility index (Phi) is 3.46. The van der Waals surface area contributed by atoms with Crippen LogP contribution in [0.3, 0.4) is 0 Å². The number of halogens is 1. The molecule has 0 unspecified atom stereocenters. The molecule has 0 bridgehead atoms. The van der Waals surface area contributed by atoms with Gasteiger partial charge in [0.1, 0.15) is 16.7 Å². The molecule has 2 aromatic carbocycles. The zero-order valence-corrected chi connectivity index (χ0v) is 11.5. The lowest BCUT2D eigenvalue weighted by molar-refractivity contribution is 0.0699. The SMILES string of the molecule is O=C(O)c1cccc2cc(Oc3ccnc(Cl)c3)ccc12. The first-order valence-corrected chi connectivity index (χ1v) is 6.57. The van der Waals surface area contributed by atoms with Crippen LogP contribution in [-0.4, -0.2) is 16.1 Å². The molecule has 0 saturated heterocycles. The highest BCUT2D eigenvalue weighted by atomic mass is 35.5. The number of aromatic nitrogens is 1. The number of carboxylic acids is 1. The van der Waals surface area contributed by atoms with Gasteiger partial charge in [-0.3, -0.25) is 0 Å². The lowest BCUT2D eigenvalue weighted by Crippen LogP contribution is -1.97. The first-order valence-electron chi connectivity index (χ1n) is 6.19. The summed E-state index contributed by atoms with van der Waals surface area (Å²) in [4.78, 5) is 15.1. The topological polar surface area (TPSA) is 59.4 Å². The standard InChI is InChI=1S/C16H10ClNO3/c17-15-9-12(6-7-18-15)21-11-4-5-13-10(8-11)2-1-3-14(13)16(19)20/h1-9H,(H,19,20). The van der Waals surface area contributed by atoms with Gasteiger partial charge < -0.3 is 9.84 Å². The third-order valence-corrected chi connectivity index (χ3v) is 3.22. The third-order valence-electron chi connectivity index (χ3n) is 3.02. The average molecular weight is 300 g/mol. The van der Waals surface area contributed by atoms with Crippen LogP contribution in [0, 0.1) is 0 Å². The first-order chi connectivity index (χ1) is 10.1. The molecular weight excluding hydrogens is 290 g/mol. The summed E-state index contributed by atoms with van der Waals surface area (Å²) in [7, 11) is 0. The molecule has 0 atom stereocenters. The summed E-state index contributed by atoms with van der Waals surface area (Å²) in [5, 5.41) is 11.0. The zero-order valence-electron chi connectivity index (χ0n) is 10.8. The molecule has 0 aliphatic heterocycles. The van der Waals surface area contributed by atoms with E-state index >= 15 is 0 Å². The van der Waals surface area contributed by atoms with Gasteiger partial charge in [-0.1, -0.05) is 23.7 Å². The Morgan fingerprint density at radius 2 is 1.90 bits per heavy atom. The molecule has 0 fully saturated rings. The fraction of sp³-hybridized carbons (Fsp3) is 0. The summed E-state index contributed by atoms with van der Waals surface area (Å²) in [6, 6.07) is 13.7. The molecule has 0 aliphatic carbocycles. The number of benzene rings is 2. The monoisotopic (exact) mass is 299 g/mol. The summed E-state index contributed by atoms with van der Waals surface area (Å²) in [6.07, 6.45) is 1.56. The van der Waals surface area contributed by atoms with Gasteiger partial charge in [-0.15, -0.1) is 0 Å². The fourth-order valence-electron chi connectivity index (χ4n) is 2.10. The van der Waals surface area contributed by atoms with E-state index in [1.165, 1.54) is 0 Å². The highest BCUT2D eigenvalue weighted by Gasteiger charge is 2.08. The van der Waals surface area contributed by atoms with Gasteiger partial charge >= 0.3 is 5.97 Å². The number of pyridine rings is 1. The van der Waals surface area contributed by atoms with E-state index in [4.69, 9.17) is 21.4 Å². The Morgan fingerprint density at radius 1 is 1.10 bits per heavy atom. The first kappa shape index (κ1) is 13.4. The Bertz CT molecular complexity index is 833. The lowest BCUT2D eigenvalue weighted by atomic mass is 10.0. The maximum absolute atomic E-state index is 11.2. The maximum Gasteiger partial charge on any atom is 0.336 e. The van der Waals surface area contributed by atoms with Gasteiger partial charge in [-0.05, 0) is 41.1 Å². The van der Waals surface area contributed by atoms with E-state index < -0.39 is 5.97 Å². The summed E-state index contributed by atoms with van der Waals surface area (Å²) >= 11 is 5.81. The molecule has 1 heterocycles. The Labute approximate surface area is 125 Å². The molecular formula is C16H10ClNO3. The van der Waals surface area contributed by atoms with Crippen molar-refractivity contribution in [2.45, 2.75) is 0 Å². The van der Waals surface area contributed by atoms with E-state index in [-0.39, 0.29) is 5.56 Å². The van der Waals surface area contributed by atoms with Crippen molar-refractivity contribution in [3.8, 4) is 11.5 Å². The van der Waals surface area contributed by atoms with Crippen molar-refractivity contribution >= 4 is 28.3 Å². The molecule has 3 aromatic rings. The molecule has 3 rings (SSSR count). The van der Waals surface area contributed by atoms with Gasteiger partial charge in [0.15, 0.2) is 0 Å². The molecule has 0 radical (unpaired) electrons. The second kappa shape index (κ2) is 5.42. The van der Waals surface area contributed by atoms with Crippen molar-refractivity contribution in [3.05, 3.63) is 65.4 Å². The van der Waals surface area contributed by atoms with E-state index in [0.717, 1.165) is 5.39 Å². The van der Waals surface area contributed by atoms with Crippen molar-refractivity contribution in [2.24, 2.45) is 0 Å². The zero-order chi connectivity index (χ0) is 14.8. The lowest BCUT2D eigenvalue weighted by Gasteiger charge is -2.08. The highest BCUT2D eigenvalue weighted by molar-refractivity contribution is 6.29. The summed E-state index contributed by atoms with van der Waals surface area (Å²) in [5.74, 6) is 0.228. The van der Waals surface area contributed by atoms with Crippen LogP contribution in [-0.2, 0) is 0 Å². The van der Waals surface area contributed by atoms with E-state index in [9.17, 15) is 4.79 Å². The highest BCUT2D eigenvalue weighted by Crippen LogP contribution is 2.28. The summed E-state index contributed by atoms with van der Waals surface area (Å²) in [6.45, 7) is 0. The molecule has 0 saturated carbocycles. The largest absolute Gasteiger partial charge is 0.478 e. The predicted molar refractivity (Wildman–Crippen MR) is 80.2 cm³/mol. The average Bonchev–Trinajstić information content (AvgIpc) is 2.46. The van der Waals surface area contributed by atoms with E-state index in [0.29, 0.717) is 22.0 Å². The summed E-state index contributed by atoms with van der Waals surface area (Å²) in [5.41, 5.74) is 0.269. The minimum Gasteiger partial charge on any atom is -0.478 e. The van der Waals surface area contributed by atoms with Crippen LogP contribution in [0.15, 0.2) is 54.7 Å². The quantitative estimate of drug-likeness (QED) is 0.729. The van der Waals surface area contributed by atoms with Crippen LogP contribution < -0.4 is 4.74 Å².